The molecule has 0 fully saturated rings. The van der Waals surface area contributed by atoms with Gasteiger partial charge in [0.1, 0.15) is 0 Å². The van der Waals surface area contributed by atoms with E-state index in [1.165, 1.54) is 6.33 Å². The highest BCUT2D eigenvalue weighted by atomic mass is 16.2. The number of nitrogens with zero attached hydrogens (tertiary/aromatic N) is 2. The van der Waals surface area contributed by atoms with E-state index in [-0.39, 0.29) is 17.8 Å². The summed E-state index contributed by atoms with van der Waals surface area (Å²) in [7, 11) is 0. The molecule has 17 heavy (non-hydrogen) atoms. The molecular formula is C10H13N5O2. The van der Waals surface area contributed by atoms with E-state index in [9.17, 15) is 9.59 Å². The molecule has 0 radical (unpaired) electrons. The lowest BCUT2D eigenvalue weighted by molar-refractivity contribution is -0.116. The van der Waals surface area contributed by atoms with Crippen molar-refractivity contribution in [2.45, 2.75) is 20.3 Å². The van der Waals surface area contributed by atoms with Crippen molar-refractivity contribution in [2.75, 3.05) is 5.32 Å². The van der Waals surface area contributed by atoms with Gasteiger partial charge in [-0.15, -0.1) is 0 Å². The average molecular weight is 235 g/mol. The maximum Gasteiger partial charge on any atom is 0.300 e. The van der Waals surface area contributed by atoms with Gasteiger partial charge in [0, 0.05) is 6.42 Å². The van der Waals surface area contributed by atoms with E-state index in [0.29, 0.717) is 17.6 Å². The number of imidazole rings is 1. The number of aromatic nitrogens is 4. The molecule has 2 aromatic rings. The van der Waals surface area contributed by atoms with E-state index in [4.69, 9.17) is 0 Å². The van der Waals surface area contributed by atoms with Crippen LogP contribution in [-0.2, 0) is 4.79 Å². The van der Waals surface area contributed by atoms with E-state index in [0.717, 1.165) is 0 Å². The van der Waals surface area contributed by atoms with Gasteiger partial charge < -0.3 is 9.97 Å². The molecule has 7 nitrogen and oxygen atoms in total. The zero-order valence-electron chi connectivity index (χ0n) is 9.57. The number of hydrogen-bond donors (Lipinski definition) is 3. The van der Waals surface area contributed by atoms with Gasteiger partial charge in [-0.2, -0.15) is 4.98 Å². The molecule has 0 atom stereocenters. The van der Waals surface area contributed by atoms with Gasteiger partial charge in [-0.1, -0.05) is 13.8 Å². The fourth-order valence-electron chi connectivity index (χ4n) is 1.46. The second kappa shape index (κ2) is 4.36. The molecule has 0 aliphatic heterocycles. The van der Waals surface area contributed by atoms with Crippen molar-refractivity contribution in [2.24, 2.45) is 5.92 Å². The normalized spacial score (nSPS) is 11.0. The van der Waals surface area contributed by atoms with Crippen LogP contribution in [0.5, 0.6) is 0 Å². The fraction of sp³-hybridized carbons (Fsp3) is 0.400. The number of hydrogen-bond acceptors (Lipinski definition) is 4. The number of aromatic amines is 2. The Balaban J connectivity index is 2.24. The molecular weight excluding hydrogens is 222 g/mol. The number of carbonyl (C=O) groups is 1. The van der Waals surface area contributed by atoms with Gasteiger partial charge >= 0.3 is 5.56 Å². The maximum atomic E-state index is 11.5. The van der Waals surface area contributed by atoms with Crippen LogP contribution in [0, 0.1) is 5.92 Å². The van der Waals surface area contributed by atoms with Crippen LogP contribution in [0.25, 0.3) is 11.2 Å². The van der Waals surface area contributed by atoms with E-state index in [1.807, 2.05) is 13.8 Å². The Hall–Kier alpha value is -2.18. The summed E-state index contributed by atoms with van der Waals surface area (Å²) in [5.74, 6) is 0.189. The molecule has 0 spiro atoms. The highest BCUT2D eigenvalue weighted by molar-refractivity contribution is 5.89. The third-order valence-electron chi connectivity index (χ3n) is 2.15. The maximum absolute atomic E-state index is 11.5. The Morgan fingerprint density at radius 3 is 3.00 bits per heavy atom. The molecule has 0 aliphatic rings. The zero-order chi connectivity index (χ0) is 12.4. The molecule has 90 valence electrons. The molecule has 0 aromatic carbocycles. The van der Waals surface area contributed by atoms with Crippen LogP contribution in [0.1, 0.15) is 20.3 Å². The Morgan fingerprint density at radius 1 is 1.53 bits per heavy atom. The summed E-state index contributed by atoms with van der Waals surface area (Å²) in [6.45, 7) is 3.87. The van der Waals surface area contributed by atoms with Crippen LogP contribution in [-0.4, -0.2) is 25.8 Å². The Kier molecular flexibility index (Phi) is 2.90. The summed E-state index contributed by atoms with van der Waals surface area (Å²) in [6.07, 6.45) is 1.77. The topological polar surface area (TPSA) is 104 Å². The van der Waals surface area contributed by atoms with Gasteiger partial charge in [-0.3, -0.25) is 14.9 Å². The molecule has 0 saturated heterocycles. The van der Waals surface area contributed by atoms with Crippen LogP contribution in [0.15, 0.2) is 11.1 Å². The van der Waals surface area contributed by atoms with Gasteiger partial charge in [0.2, 0.25) is 11.9 Å². The van der Waals surface area contributed by atoms with Gasteiger partial charge in [-0.05, 0) is 5.92 Å². The summed E-state index contributed by atoms with van der Waals surface area (Å²) in [5.41, 5.74) is 0.229. The first-order valence-corrected chi connectivity index (χ1v) is 5.29. The first-order chi connectivity index (χ1) is 8.06. The van der Waals surface area contributed by atoms with E-state index < -0.39 is 5.56 Å². The molecule has 0 saturated carbocycles. The third kappa shape index (κ3) is 2.49. The summed E-state index contributed by atoms with van der Waals surface area (Å²) < 4.78 is 0. The van der Waals surface area contributed by atoms with Gasteiger partial charge in [-0.25, -0.2) is 4.98 Å². The van der Waals surface area contributed by atoms with Crippen molar-refractivity contribution in [1.29, 1.82) is 0 Å². The van der Waals surface area contributed by atoms with Gasteiger partial charge in [0.25, 0.3) is 0 Å². The first kappa shape index (κ1) is 11.3. The highest BCUT2D eigenvalue weighted by Gasteiger charge is 2.09. The fourth-order valence-corrected chi connectivity index (χ4v) is 1.46. The minimum absolute atomic E-state index is 0.125. The van der Waals surface area contributed by atoms with Crippen molar-refractivity contribution in [3.63, 3.8) is 0 Å². The zero-order valence-corrected chi connectivity index (χ0v) is 9.57. The van der Waals surface area contributed by atoms with Crippen LogP contribution >= 0.6 is 0 Å². The molecule has 2 aromatic heterocycles. The van der Waals surface area contributed by atoms with Crippen molar-refractivity contribution in [3.8, 4) is 0 Å². The van der Waals surface area contributed by atoms with Crippen molar-refractivity contribution in [3.05, 3.63) is 16.7 Å². The van der Waals surface area contributed by atoms with Crippen LogP contribution in [0.2, 0.25) is 0 Å². The Labute approximate surface area is 96.7 Å². The molecule has 2 heterocycles. The summed E-state index contributed by atoms with van der Waals surface area (Å²) >= 11 is 0. The average Bonchev–Trinajstić information content (AvgIpc) is 2.64. The quantitative estimate of drug-likeness (QED) is 0.725. The monoisotopic (exact) mass is 235 g/mol. The summed E-state index contributed by atoms with van der Waals surface area (Å²) in [6, 6.07) is 0. The molecule has 0 unspecified atom stereocenters. The predicted octanol–water partition coefficient (Wildman–Crippen LogP) is 0.631. The number of rotatable bonds is 3. The van der Waals surface area contributed by atoms with Gasteiger partial charge in [0.05, 0.1) is 6.33 Å². The minimum atomic E-state index is -0.448. The van der Waals surface area contributed by atoms with E-state index >= 15 is 0 Å². The number of nitrogens with one attached hydrogen (secondary N) is 3. The Bertz CT molecular complexity index is 598. The van der Waals surface area contributed by atoms with E-state index in [1.54, 1.807) is 0 Å². The molecule has 0 aliphatic carbocycles. The largest absolute Gasteiger partial charge is 0.339 e. The molecule has 7 heteroatoms. The smallest absolute Gasteiger partial charge is 0.300 e. The SMILES string of the molecule is CC(C)CC(=O)Nc1nc(=O)c2[nH]cnc2[nH]1. The summed E-state index contributed by atoms with van der Waals surface area (Å²) in [4.78, 5) is 36.1. The van der Waals surface area contributed by atoms with Gasteiger partial charge in [0.15, 0.2) is 11.2 Å². The molecule has 1 amide bonds. The number of carbonyl (C=O) groups excluding carboxylic acids is 1. The lowest BCUT2D eigenvalue weighted by Gasteiger charge is -2.05. The second-order valence-electron chi connectivity index (χ2n) is 4.16. The number of fused-ring (bicyclic) bond motifs is 1. The van der Waals surface area contributed by atoms with Crippen LogP contribution < -0.4 is 10.9 Å². The van der Waals surface area contributed by atoms with Crippen molar-refractivity contribution in [1.82, 2.24) is 19.9 Å². The minimum Gasteiger partial charge on any atom is -0.339 e. The van der Waals surface area contributed by atoms with E-state index in [2.05, 4.69) is 25.3 Å². The predicted molar refractivity (Wildman–Crippen MR) is 62.6 cm³/mol. The summed E-state index contributed by atoms with van der Waals surface area (Å²) in [5, 5.41) is 2.54. The lowest BCUT2D eigenvalue weighted by Crippen LogP contribution is -2.19. The molecule has 0 bridgehead atoms. The highest BCUT2D eigenvalue weighted by Crippen LogP contribution is 2.05. The third-order valence-corrected chi connectivity index (χ3v) is 2.15. The standard InChI is InChI=1S/C10H13N5O2/c1-5(2)3-6(16)13-10-14-8-7(9(17)15-10)11-4-12-8/h4-5H,3H2,1-2H3,(H3,11,12,13,14,15,16,17). The Morgan fingerprint density at radius 2 is 2.29 bits per heavy atom. The number of amides is 1. The van der Waals surface area contributed by atoms with Crippen molar-refractivity contribution < 1.29 is 4.79 Å². The van der Waals surface area contributed by atoms with Crippen LogP contribution in [0.3, 0.4) is 0 Å². The molecule has 2 rings (SSSR count). The van der Waals surface area contributed by atoms with Crippen molar-refractivity contribution >= 4 is 23.0 Å². The lowest BCUT2D eigenvalue weighted by atomic mass is 10.1. The first-order valence-electron chi connectivity index (χ1n) is 5.29. The number of H-pyrrole nitrogens is 2. The molecule has 3 N–H and O–H groups in total. The second-order valence-corrected chi connectivity index (χ2v) is 4.16. The number of anilines is 1. The van der Waals surface area contributed by atoms with Crippen LogP contribution in [0.4, 0.5) is 5.95 Å².